The Hall–Kier alpha value is -1.74. The van der Waals surface area contributed by atoms with E-state index >= 15 is 0 Å². The molecule has 9 heteroatoms. The predicted octanol–water partition coefficient (Wildman–Crippen LogP) is 1.06. The molecule has 134 valence electrons. The van der Waals surface area contributed by atoms with Gasteiger partial charge in [-0.05, 0) is 19.5 Å². The van der Waals surface area contributed by atoms with Gasteiger partial charge in [-0.1, -0.05) is 6.92 Å². The van der Waals surface area contributed by atoms with Crippen molar-refractivity contribution in [3.05, 3.63) is 23.3 Å². The van der Waals surface area contributed by atoms with E-state index < -0.39 is 11.9 Å². The van der Waals surface area contributed by atoms with Crippen molar-refractivity contribution in [2.24, 2.45) is 0 Å². The van der Waals surface area contributed by atoms with Crippen molar-refractivity contribution in [1.82, 2.24) is 25.1 Å². The Kier molecular flexibility index (Phi) is 6.11. The molecule has 0 bridgehead atoms. The summed E-state index contributed by atoms with van der Waals surface area (Å²) in [5, 5.41) is 2.59. The van der Waals surface area contributed by atoms with E-state index in [-0.39, 0.29) is 30.5 Å². The first kappa shape index (κ1) is 18.6. The number of hydrogen-bond donors (Lipinski definition) is 1. The van der Waals surface area contributed by atoms with Gasteiger partial charge < -0.3 is 10.2 Å². The minimum Gasteiger partial charge on any atom is -0.348 e. The van der Waals surface area contributed by atoms with E-state index in [1.165, 1.54) is 6.92 Å². The molecule has 1 aromatic heterocycles. The molecule has 0 atom stereocenters. The van der Waals surface area contributed by atoms with Crippen LogP contribution in [0.4, 0.5) is 13.2 Å². The molecular formula is C15H22F3N5O. The Morgan fingerprint density at radius 1 is 1.21 bits per heavy atom. The highest BCUT2D eigenvalue weighted by atomic mass is 19.4. The number of amides is 1. The molecule has 2 rings (SSSR count). The maximum absolute atomic E-state index is 12.7. The van der Waals surface area contributed by atoms with Crippen molar-refractivity contribution < 1.29 is 18.0 Å². The second kappa shape index (κ2) is 7.89. The average molecular weight is 345 g/mol. The smallest absolute Gasteiger partial charge is 0.348 e. The fourth-order valence-corrected chi connectivity index (χ4v) is 2.55. The summed E-state index contributed by atoms with van der Waals surface area (Å²) in [7, 11) is 0. The van der Waals surface area contributed by atoms with Crippen molar-refractivity contribution in [2.75, 3.05) is 39.3 Å². The van der Waals surface area contributed by atoms with E-state index in [9.17, 15) is 18.0 Å². The van der Waals surface area contributed by atoms with E-state index in [1.54, 1.807) is 0 Å². The first-order valence-corrected chi connectivity index (χ1v) is 7.91. The molecule has 0 saturated carbocycles. The number of halogens is 3. The molecule has 1 saturated heterocycles. The highest BCUT2D eigenvalue weighted by molar-refractivity contribution is 5.77. The van der Waals surface area contributed by atoms with Gasteiger partial charge in [0.15, 0.2) is 0 Å². The number of hydrogen-bond acceptors (Lipinski definition) is 5. The van der Waals surface area contributed by atoms with Crippen molar-refractivity contribution in [3.8, 4) is 0 Å². The van der Waals surface area contributed by atoms with Crippen LogP contribution in [0.25, 0.3) is 0 Å². The van der Waals surface area contributed by atoms with E-state index in [0.29, 0.717) is 0 Å². The zero-order chi connectivity index (χ0) is 17.7. The van der Waals surface area contributed by atoms with Gasteiger partial charge in [-0.15, -0.1) is 0 Å². The monoisotopic (exact) mass is 345 g/mol. The van der Waals surface area contributed by atoms with Crippen LogP contribution < -0.4 is 5.32 Å². The number of alkyl halides is 3. The van der Waals surface area contributed by atoms with Gasteiger partial charge in [-0.3, -0.25) is 9.69 Å². The van der Waals surface area contributed by atoms with Gasteiger partial charge in [-0.2, -0.15) is 13.2 Å². The largest absolute Gasteiger partial charge is 0.433 e. The first-order chi connectivity index (χ1) is 11.3. The number of carbonyl (C=O) groups is 1. The Bertz CT molecular complexity index is 571. The third-order valence-electron chi connectivity index (χ3n) is 3.91. The lowest BCUT2D eigenvalue weighted by molar-refractivity contribution is -0.141. The average Bonchev–Trinajstić information content (AvgIpc) is 2.52. The van der Waals surface area contributed by atoms with Crippen LogP contribution >= 0.6 is 0 Å². The van der Waals surface area contributed by atoms with Gasteiger partial charge in [0.25, 0.3) is 0 Å². The number of carbonyl (C=O) groups excluding carboxylic acids is 1. The van der Waals surface area contributed by atoms with Crippen molar-refractivity contribution in [3.63, 3.8) is 0 Å². The molecule has 0 aliphatic carbocycles. The Morgan fingerprint density at radius 2 is 1.83 bits per heavy atom. The normalized spacial score (nSPS) is 17.0. The summed E-state index contributed by atoms with van der Waals surface area (Å²) in [5.74, 6) is -0.273. The van der Waals surface area contributed by atoms with Gasteiger partial charge in [0.1, 0.15) is 11.5 Å². The second-order valence-corrected chi connectivity index (χ2v) is 5.80. The molecule has 6 nitrogen and oxygen atoms in total. The summed E-state index contributed by atoms with van der Waals surface area (Å²) in [6, 6.07) is 0.887. The molecular weight excluding hydrogens is 323 g/mol. The number of nitrogens with zero attached hydrogens (tertiary/aromatic N) is 4. The Balaban J connectivity index is 1.85. The lowest BCUT2D eigenvalue weighted by Gasteiger charge is -2.33. The molecule has 1 aliphatic heterocycles. The van der Waals surface area contributed by atoms with E-state index in [4.69, 9.17) is 0 Å². The minimum atomic E-state index is -4.52. The molecule has 24 heavy (non-hydrogen) atoms. The summed E-state index contributed by atoms with van der Waals surface area (Å²) in [6.07, 6.45) is -4.52. The van der Waals surface area contributed by atoms with Crippen LogP contribution in [-0.4, -0.2) is 64.9 Å². The van der Waals surface area contributed by atoms with E-state index in [0.717, 1.165) is 38.8 Å². The fourth-order valence-electron chi connectivity index (χ4n) is 2.55. The summed E-state index contributed by atoms with van der Waals surface area (Å²) in [6.45, 7) is 8.12. The van der Waals surface area contributed by atoms with Crippen LogP contribution in [0, 0.1) is 6.92 Å². The number of likely N-dealkylation sites (N-methyl/N-ethyl adjacent to an activating group) is 1. The number of rotatable bonds is 5. The number of aryl methyl sites for hydroxylation is 1. The van der Waals surface area contributed by atoms with Gasteiger partial charge in [0.05, 0.1) is 13.1 Å². The fraction of sp³-hybridized carbons (Fsp3) is 0.667. The van der Waals surface area contributed by atoms with Crippen LogP contribution in [0.15, 0.2) is 6.07 Å². The molecule has 1 N–H and O–H groups in total. The summed E-state index contributed by atoms with van der Waals surface area (Å²) in [4.78, 5) is 23.7. The third kappa shape index (κ3) is 5.41. The molecule has 0 spiro atoms. The third-order valence-corrected chi connectivity index (χ3v) is 3.91. The molecule has 2 heterocycles. The van der Waals surface area contributed by atoms with Crippen LogP contribution in [0.2, 0.25) is 0 Å². The molecule has 1 aromatic rings. The molecule has 0 unspecified atom stereocenters. The lowest BCUT2D eigenvalue weighted by atomic mass is 10.3. The van der Waals surface area contributed by atoms with Crippen LogP contribution in [0.1, 0.15) is 24.1 Å². The number of nitrogens with one attached hydrogen (secondary N) is 1. The maximum atomic E-state index is 12.7. The highest BCUT2D eigenvalue weighted by Gasteiger charge is 2.33. The summed E-state index contributed by atoms with van der Waals surface area (Å²) < 4.78 is 38.2. The van der Waals surface area contributed by atoms with E-state index in [1.807, 2.05) is 4.90 Å². The molecule has 0 radical (unpaired) electrons. The first-order valence-electron chi connectivity index (χ1n) is 7.91. The van der Waals surface area contributed by atoms with Crippen LogP contribution in [0.3, 0.4) is 0 Å². The SMILES string of the molecule is CCN1CCN(CC(=O)NCc2nc(C)cc(C(F)(F)F)n2)CC1. The second-order valence-electron chi connectivity index (χ2n) is 5.80. The topological polar surface area (TPSA) is 61.4 Å². The molecule has 1 aliphatic rings. The quantitative estimate of drug-likeness (QED) is 0.865. The molecule has 1 amide bonds. The van der Waals surface area contributed by atoms with Crippen molar-refractivity contribution in [1.29, 1.82) is 0 Å². The van der Waals surface area contributed by atoms with Crippen molar-refractivity contribution >= 4 is 5.91 Å². The zero-order valence-electron chi connectivity index (χ0n) is 13.9. The van der Waals surface area contributed by atoms with Crippen LogP contribution in [-0.2, 0) is 17.5 Å². The Labute approximate surface area is 139 Å². The number of piperazine rings is 1. The Morgan fingerprint density at radius 3 is 2.42 bits per heavy atom. The zero-order valence-corrected chi connectivity index (χ0v) is 13.9. The highest BCUT2D eigenvalue weighted by Crippen LogP contribution is 2.27. The predicted molar refractivity (Wildman–Crippen MR) is 82.2 cm³/mol. The van der Waals surface area contributed by atoms with Gasteiger partial charge >= 0.3 is 6.18 Å². The molecule has 0 aromatic carbocycles. The van der Waals surface area contributed by atoms with Gasteiger partial charge in [0.2, 0.25) is 5.91 Å². The van der Waals surface area contributed by atoms with Crippen molar-refractivity contribution in [2.45, 2.75) is 26.6 Å². The minimum absolute atomic E-state index is 0.0357. The molecule has 1 fully saturated rings. The summed E-state index contributed by atoms with van der Waals surface area (Å²) in [5.41, 5.74) is -0.771. The van der Waals surface area contributed by atoms with Crippen LogP contribution in [0.5, 0.6) is 0 Å². The maximum Gasteiger partial charge on any atom is 0.433 e. The van der Waals surface area contributed by atoms with E-state index in [2.05, 4.69) is 27.1 Å². The number of aromatic nitrogens is 2. The van der Waals surface area contributed by atoms with Gasteiger partial charge in [0, 0.05) is 31.9 Å². The standard InChI is InChI=1S/C15H22F3N5O/c1-3-22-4-6-23(7-5-22)10-14(24)19-9-13-20-11(2)8-12(21-13)15(16,17)18/h8H,3-7,9-10H2,1-2H3,(H,19,24). The lowest BCUT2D eigenvalue weighted by Crippen LogP contribution is -2.49. The van der Waals surface area contributed by atoms with Gasteiger partial charge in [-0.25, -0.2) is 9.97 Å². The summed E-state index contributed by atoms with van der Waals surface area (Å²) >= 11 is 0.